The smallest absolute Gasteiger partial charge is 0.253 e. The van der Waals surface area contributed by atoms with E-state index in [1.807, 2.05) is 32.9 Å². The van der Waals surface area contributed by atoms with Crippen molar-refractivity contribution in [2.45, 2.75) is 26.3 Å². The van der Waals surface area contributed by atoms with Crippen LogP contribution in [0.25, 0.3) is 10.9 Å². The minimum atomic E-state index is -0.258. The van der Waals surface area contributed by atoms with Crippen molar-refractivity contribution < 1.29 is 4.79 Å². The van der Waals surface area contributed by atoms with Crippen molar-refractivity contribution in [3.05, 3.63) is 41.0 Å². The normalized spacial score (nSPS) is 11.6. The van der Waals surface area contributed by atoms with Crippen molar-refractivity contribution >= 4 is 28.4 Å². The minimum Gasteiger partial charge on any atom is -0.347 e. The lowest BCUT2D eigenvalue weighted by atomic mass is 10.1. The summed E-state index contributed by atoms with van der Waals surface area (Å²) in [5, 5.41) is 4.45. The molecule has 2 aromatic rings. The Morgan fingerprint density at radius 1 is 1.28 bits per heavy atom. The molecule has 4 heteroatoms. The van der Waals surface area contributed by atoms with E-state index < -0.39 is 0 Å². The lowest BCUT2D eigenvalue weighted by Gasteiger charge is -2.20. The van der Waals surface area contributed by atoms with Crippen molar-refractivity contribution in [1.82, 2.24) is 10.3 Å². The van der Waals surface area contributed by atoms with Crippen molar-refractivity contribution in [3.8, 4) is 0 Å². The molecule has 0 fully saturated rings. The Labute approximate surface area is 111 Å². The summed E-state index contributed by atoms with van der Waals surface area (Å²) in [5.41, 5.74) is 1.08. The zero-order chi connectivity index (χ0) is 13.3. The predicted molar refractivity (Wildman–Crippen MR) is 74.0 cm³/mol. The van der Waals surface area contributed by atoms with Crippen LogP contribution in [0.1, 0.15) is 31.1 Å². The van der Waals surface area contributed by atoms with Gasteiger partial charge in [-0.05, 0) is 39.0 Å². The van der Waals surface area contributed by atoms with E-state index in [0.29, 0.717) is 10.6 Å². The summed E-state index contributed by atoms with van der Waals surface area (Å²) < 4.78 is 0. The first kappa shape index (κ1) is 12.8. The van der Waals surface area contributed by atoms with Crippen LogP contribution in [0.3, 0.4) is 0 Å². The van der Waals surface area contributed by atoms with Gasteiger partial charge in [-0.25, -0.2) is 0 Å². The number of carbonyl (C=O) groups excluding carboxylic acids is 1. The van der Waals surface area contributed by atoms with Crippen molar-refractivity contribution in [1.29, 1.82) is 0 Å². The summed E-state index contributed by atoms with van der Waals surface area (Å²) in [6, 6.07) is 7.25. The van der Waals surface area contributed by atoms with Gasteiger partial charge in [-0.1, -0.05) is 17.7 Å². The molecule has 0 spiro atoms. The van der Waals surface area contributed by atoms with Crippen molar-refractivity contribution in [2.75, 3.05) is 0 Å². The maximum atomic E-state index is 12.0. The molecule has 18 heavy (non-hydrogen) atoms. The SMILES string of the molecule is CC(C)(C)NC(=O)c1cnc2cc(Cl)ccc2c1. The molecule has 1 aromatic heterocycles. The van der Waals surface area contributed by atoms with Gasteiger partial charge in [0.1, 0.15) is 0 Å². The zero-order valence-corrected chi connectivity index (χ0v) is 11.4. The van der Waals surface area contributed by atoms with Gasteiger partial charge in [-0.15, -0.1) is 0 Å². The molecule has 0 unspecified atom stereocenters. The Balaban J connectivity index is 2.36. The fourth-order valence-electron chi connectivity index (χ4n) is 1.63. The summed E-state index contributed by atoms with van der Waals surface area (Å²) in [6.07, 6.45) is 1.57. The number of hydrogen-bond donors (Lipinski definition) is 1. The van der Waals surface area contributed by atoms with Crippen LogP contribution in [-0.2, 0) is 0 Å². The number of aromatic nitrogens is 1. The van der Waals surface area contributed by atoms with Gasteiger partial charge >= 0.3 is 0 Å². The third-order valence-electron chi connectivity index (χ3n) is 2.40. The summed E-state index contributed by atoms with van der Waals surface area (Å²) in [6.45, 7) is 5.83. The van der Waals surface area contributed by atoms with E-state index in [1.165, 1.54) is 0 Å². The number of benzene rings is 1. The Morgan fingerprint density at radius 2 is 2.00 bits per heavy atom. The van der Waals surface area contributed by atoms with Crippen molar-refractivity contribution in [2.24, 2.45) is 0 Å². The topological polar surface area (TPSA) is 42.0 Å². The van der Waals surface area contributed by atoms with E-state index in [1.54, 1.807) is 18.3 Å². The molecule has 0 aliphatic carbocycles. The number of fused-ring (bicyclic) bond motifs is 1. The molecule has 0 saturated carbocycles. The van der Waals surface area contributed by atoms with Gasteiger partial charge in [-0.2, -0.15) is 0 Å². The number of carbonyl (C=O) groups is 1. The highest BCUT2D eigenvalue weighted by molar-refractivity contribution is 6.31. The van der Waals surface area contributed by atoms with Crippen molar-refractivity contribution in [3.63, 3.8) is 0 Å². The predicted octanol–water partition coefficient (Wildman–Crippen LogP) is 3.42. The van der Waals surface area contributed by atoms with Gasteiger partial charge in [0, 0.05) is 22.1 Å². The van der Waals surface area contributed by atoms with Gasteiger partial charge in [0.15, 0.2) is 0 Å². The second kappa shape index (κ2) is 4.58. The fraction of sp³-hybridized carbons (Fsp3) is 0.286. The maximum absolute atomic E-state index is 12.0. The number of nitrogens with one attached hydrogen (secondary N) is 1. The Bertz CT molecular complexity index is 602. The van der Waals surface area contributed by atoms with E-state index in [0.717, 1.165) is 10.9 Å². The van der Waals surface area contributed by atoms with E-state index in [9.17, 15) is 4.79 Å². The third-order valence-corrected chi connectivity index (χ3v) is 2.63. The number of rotatable bonds is 1. The summed E-state index contributed by atoms with van der Waals surface area (Å²) in [7, 11) is 0. The second-order valence-corrected chi connectivity index (χ2v) is 5.70. The Hall–Kier alpha value is -1.61. The van der Waals surface area contributed by atoms with Gasteiger partial charge in [0.2, 0.25) is 0 Å². The van der Waals surface area contributed by atoms with Crippen LogP contribution in [0.5, 0.6) is 0 Å². The Kier molecular flexibility index (Phi) is 3.26. The summed E-state index contributed by atoms with van der Waals surface area (Å²) in [5.74, 6) is -0.119. The first-order chi connectivity index (χ1) is 8.35. The highest BCUT2D eigenvalue weighted by Gasteiger charge is 2.15. The zero-order valence-electron chi connectivity index (χ0n) is 10.6. The average Bonchev–Trinajstić information content (AvgIpc) is 2.26. The van der Waals surface area contributed by atoms with E-state index in [2.05, 4.69) is 10.3 Å². The number of amides is 1. The largest absolute Gasteiger partial charge is 0.347 e. The molecular weight excluding hydrogens is 248 g/mol. The van der Waals surface area contributed by atoms with Crippen LogP contribution in [0.15, 0.2) is 30.5 Å². The monoisotopic (exact) mass is 262 g/mol. The first-order valence-corrected chi connectivity index (χ1v) is 6.11. The molecule has 2 rings (SSSR count). The molecule has 0 bridgehead atoms. The van der Waals surface area contributed by atoms with Crippen LogP contribution in [-0.4, -0.2) is 16.4 Å². The van der Waals surface area contributed by atoms with Gasteiger partial charge in [0.05, 0.1) is 11.1 Å². The van der Waals surface area contributed by atoms with Crippen LogP contribution in [0.4, 0.5) is 0 Å². The number of halogens is 1. The number of hydrogen-bond acceptors (Lipinski definition) is 2. The molecule has 1 heterocycles. The molecule has 0 aliphatic heterocycles. The lowest BCUT2D eigenvalue weighted by Crippen LogP contribution is -2.40. The lowest BCUT2D eigenvalue weighted by molar-refractivity contribution is 0.0919. The quantitative estimate of drug-likeness (QED) is 0.856. The van der Waals surface area contributed by atoms with E-state index in [4.69, 9.17) is 11.6 Å². The molecular formula is C14H15ClN2O. The third kappa shape index (κ3) is 2.99. The molecule has 1 N–H and O–H groups in total. The van der Waals surface area contributed by atoms with Gasteiger partial charge < -0.3 is 5.32 Å². The first-order valence-electron chi connectivity index (χ1n) is 5.73. The fourth-order valence-corrected chi connectivity index (χ4v) is 1.80. The molecule has 1 amide bonds. The highest BCUT2D eigenvalue weighted by Crippen LogP contribution is 2.18. The second-order valence-electron chi connectivity index (χ2n) is 5.27. The van der Waals surface area contributed by atoms with Crippen LogP contribution < -0.4 is 5.32 Å². The average molecular weight is 263 g/mol. The summed E-state index contributed by atoms with van der Waals surface area (Å²) in [4.78, 5) is 16.2. The van der Waals surface area contributed by atoms with Crippen LogP contribution in [0, 0.1) is 0 Å². The molecule has 0 saturated heterocycles. The Morgan fingerprint density at radius 3 is 2.67 bits per heavy atom. The van der Waals surface area contributed by atoms with Crippen LogP contribution in [0.2, 0.25) is 5.02 Å². The summed E-state index contributed by atoms with van der Waals surface area (Å²) >= 11 is 5.89. The standard InChI is InChI=1S/C14H15ClN2O/c1-14(2,3)17-13(18)10-6-9-4-5-11(15)7-12(9)16-8-10/h4-8H,1-3H3,(H,17,18). The molecule has 3 nitrogen and oxygen atoms in total. The maximum Gasteiger partial charge on any atom is 0.253 e. The molecule has 0 radical (unpaired) electrons. The van der Waals surface area contributed by atoms with Gasteiger partial charge in [-0.3, -0.25) is 9.78 Å². The minimum absolute atomic E-state index is 0.119. The molecule has 0 atom stereocenters. The van der Waals surface area contributed by atoms with Crippen LogP contribution >= 0.6 is 11.6 Å². The number of pyridine rings is 1. The van der Waals surface area contributed by atoms with E-state index >= 15 is 0 Å². The number of nitrogens with zero attached hydrogens (tertiary/aromatic N) is 1. The van der Waals surface area contributed by atoms with E-state index in [-0.39, 0.29) is 11.4 Å². The highest BCUT2D eigenvalue weighted by atomic mass is 35.5. The molecule has 0 aliphatic rings. The molecule has 1 aromatic carbocycles. The van der Waals surface area contributed by atoms with Gasteiger partial charge in [0.25, 0.3) is 5.91 Å². The molecule has 94 valence electrons.